The van der Waals surface area contributed by atoms with E-state index in [9.17, 15) is 14.0 Å². The van der Waals surface area contributed by atoms with Crippen molar-refractivity contribution < 1.29 is 18.7 Å². The van der Waals surface area contributed by atoms with Crippen molar-refractivity contribution >= 4 is 23.5 Å². The summed E-state index contributed by atoms with van der Waals surface area (Å²) in [6, 6.07) is -0.818. The maximum absolute atomic E-state index is 13.0. The van der Waals surface area contributed by atoms with E-state index in [4.69, 9.17) is 11.6 Å². The van der Waals surface area contributed by atoms with Crippen molar-refractivity contribution in [3.8, 4) is 0 Å². The summed E-state index contributed by atoms with van der Waals surface area (Å²) in [5.41, 5.74) is 0. The van der Waals surface area contributed by atoms with Gasteiger partial charge in [0.15, 0.2) is 0 Å². The van der Waals surface area contributed by atoms with E-state index in [0.29, 0.717) is 0 Å². The van der Waals surface area contributed by atoms with Crippen LogP contribution in [0.15, 0.2) is 0 Å². The lowest BCUT2D eigenvalue weighted by Gasteiger charge is -2.20. The molecule has 1 aliphatic rings. The van der Waals surface area contributed by atoms with Gasteiger partial charge in [-0.2, -0.15) is 0 Å². The van der Waals surface area contributed by atoms with Crippen LogP contribution in [0.4, 0.5) is 4.39 Å². The Kier molecular flexibility index (Phi) is 3.69. The minimum Gasteiger partial charge on any atom is -0.467 e. The van der Waals surface area contributed by atoms with Crippen molar-refractivity contribution in [1.29, 1.82) is 0 Å². The van der Waals surface area contributed by atoms with Crippen LogP contribution in [0.1, 0.15) is 6.42 Å². The third-order valence-electron chi connectivity index (χ3n) is 2.16. The number of alkyl halides is 2. The fourth-order valence-electron chi connectivity index (χ4n) is 1.50. The van der Waals surface area contributed by atoms with Gasteiger partial charge in [-0.15, -0.1) is 11.6 Å². The van der Waals surface area contributed by atoms with Gasteiger partial charge in [-0.1, -0.05) is 0 Å². The quantitative estimate of drug-likeness (QED) is 0.501. The Morgan fingerprint density at radius 1 is 1.64 bits per heavy atom. The van der Waals surface area contributed by atoms with E-state index < -0.39 is 24.1 Å². The predicted octanol–water partition coefficient (Wildman–Crippen LogP) is 0.337. The summed E-state index contributed by atoms with van der Waals surface area (Å²) in [5, 5.41) is 0. The molecular weight excluding hydrogens is 213 g/mol. The second-order valence-corrected chi connectivity index (χ2v) is 3.32. The molecule has 1 aliphatic heterocycles. The normalized spacial score (nSPS) is 26.4. The van der Waals surface area contributed by atoms with Crippen molar-refractivity contribution in [2.45, 2.75) is 18.6 Å². The van der Waals surface area contributed by atoms with E-state index in [2.05, 4.69) is 4.74 Å². The van der Waals surface area contributed by atoms with Crippen LogP contribution in [-0.2, 0) is 14.3 Å². The number of hydrogen-bond donors (Lipinski definition) is 0. The van der Waals surface area contributed by atoms with E-state index in [1.54, 1.807) is 0 Å². The van der Waals surface area contributed by atoms with E-state index in [-0.39, 0.29) is 18.8 Å². The number of esters is 1. The fourth-order valence-corrected chi connectivity index (χ4v) is 1.65. The summed E-state index contributed by atoms with van der Waals surface area (Å²) >= 11 is 5.33. The lowest BCUT2D eigenvalue weighted by Crippen LogP contribution is -2.41. The van der Waals surface area contributed by atoms with Crippen molar-refractivity contribution in [2.24, 2.45) is 0 Å². The number of carbonyl (C=O) groups excluding carboxylic acids is 2. The van der Waals surface area contributed by atoms with Crippen LogP contribution < -0.4 is 0 Å². The number of amides is 1. The van der Waals surface area contributed by atoms with Crippen LogP contribution in [0.25, 0.3) is 0 Å². The summed E-state index contributed by atoms with van der Waals surface area (Å²) in [6.07, 6.45) is -1.18. The fraction of sp³-hybridized carbons (Fsp3) is 0.750. The van der Waals surface area contributed by atoms with E-state index >= 15 is 0 Å². The first kappa shape index (κ1) is 11.2. The number of ether oxygens (including phenoxy) is 1. The SMILES string of the molecule is COC(=O)[C@@H]1C[C@H](F)CN1C(=O)CCl. The summed E-state index contributed by atoms with van der Waals surface area (Å²) in [7, 11) is 1.21. The Balaban J connectivity index is 2.72. The molecule has 14 heavy (non-hydrogen) atoms. The van der Waals surface area contributed by atoms with Crippen LogP contribution in [0.2, 0.25) is 0 Å². The molecule has 0 unspecified atom stereocenters. The molecule has 0 aromatic carbocycles. The maximum Gasteiger partial charge on any atom is 0.328 e. The van der Waals surface area contributed by atoms with Gasteiger partial charge in [0.2, 0.25) is 5.91 Å². The summed E-state index contributed by atoms with van der Waals surface area (Å²) in [6.45, 7) is -0.0781. The predicted molar refractivity (Wildman–Crippen MR) is 47.8 cm³/mol. The molecule has 1 heterocycles. The Bertz CT molecular complexity index is 225. The molecule has 80 valence electrons. The smallest absolute Gasteiger partial charge is 0.328 e. The van der Waals surface area contributed by atoms with Gasteiger partial charge >= 0.3 is 5.97 Å². The summed E-state index contributed by atoms with van der Waals surface area (Å²) < 4.78 is 17.4. The zero-order valence-corrected chi connectivity index (χ0v) is 8.46. The second kappa shape index (κ2) is 4.59. The molecule has 0 saturated carbocycles. The van der Waals surface area contributed by atoms with Gasteiger partial charge in [-0.05, 0) is 0 Å². The lowest BCUT2D eigenvalue weighted by atomic mass is 10.2. The van der Waals surface area contributed by atoms with Crippen molar-refractivity contribution in [3.05, 3.63) is 0 Å². The zero-order chi connectivity index (χ0) is 10.7. The highest BCUT2D eigenvalue weighted by atomic mass is 35.5. The molecule has 0 spiro atoms. The first-order valence-corrected chi connectivity index (χ1v) is 4.71. The second-order valence-electron chi connectivity index (χ2n) is 3.05. The molecule has 1 fully saturated rings. The lowest BCUT2D eigenvalue weighted by molar-refractivity contribution is -0.150. The highest BCUT2D eigenvalue weighted by Crippen LogP contribution is 2.21. The Labute approximate surface area is 86.0 Å². The average molecular weight is 224 g/mol. The topological polar surface area (TPSA) is 46.6 Å². The number of rotatable bonds is 2. The highest BCUT2D eigenvalue weighted by molar-refractivity contribution is 6.27. The first-order valence-electron chi connectivity index (χ1n) is 4.17. The van der Waals surface area contributed by atoms with Crippen LogP contribution in [-0.4, -0.2) is 48.5 Å². The number of nitrogens with zero attached hydrogens (tertiary/aromatic N) is 1. The van der Waals surface area contributed by atoms with Crippen LogP contribution in [0.3, 0.4) is 0 Å². The van der Waals surface area contributed by atoms with Gasteiger partial charge in [0.05, 0.1) is 13.7 Å². The monoisotopic (exact) mass is 223 g/mol. The zero-order valence-electron chi connectivity index (χ0n) is 7.70. The van der Waals surface area contributed by atoms with Gasteiger partial charge in [-0.3, -0.25) is 4.79 Å². The van der Waals surface area contributed by atoms with E-state index in [0.717, 1.165) is 4.90 Å². The first-order chi connectivity index (χ1) is 6.60. The third kappa shape index (κ3) is 2.15. The molecule has 0 N–H and O–H groups in total. The molecule has 0 bridgehead atoms. The third-order valence-corrected chi connectivity index (χ3v) is 2.39. The van der Waals surface area contributed by atoms with Gasteiger partial charge in [0, 0.05) is 6.42 Å². The Morgan fingerprint density at radius 2 is 2.29 bits per heavy atom. The van der Waals surface area contributed by atoms with Crippen molar-refractivity contribution in [1.82, 2.24) is 4.90 Å². The number of hydrogen-bond acceptors (Lipinski definition) is 3. The number of likely N-dealkylation sites (tertiary alicyclic amines) is 1. The molecule has 1 rings (SSSR count). The van der Waals surface area contributed by atoms with Gasteiger partial charge in [-0.25, -0.2) is 9.18 Å². The maximum atomic E-state index is 13.0. The van der Waals surface area contributed by atoms with Gasteiger partial charge in [0.25, 0.3) is 0 Å². The molecule has 1 saturated heterocycles. The average Bonchev–Trinajstić information content (AvgIpc) is 2.58. The molecule has 4 nitrogen and oxygen atoms in total. The van der Waals surface area contributed by atoms with Gasteiger partial charge < -0.3 is 9.64 Å². The number of halogens is 2. The minimum absolute atomic E-state index is 0.00466. The molecule has 0 aromatic heterocycles. The van der Waals surface area contributed by atoms with Crippen LogP contribution >= 0.6 is 11.6 Å². The molecule has 0 radical (unpaired) electrons. The standard InChI is InChI=1S/C8H11ClFNO3/c1-14-8(13)6-2-5(10)4-11(6)7(12)3-9/h5-6H,2-4H2,1H3/t5-,6-/m0/s1. The van der Waals surface area contributed by atoms with Crippen LogP contribution in [0, 0.1) is 0 Å². The molecular formula is C8H11ClFNO3. The van der Waals surface area contributed by atoms with Crippen LogP contribution in [0.5, 0.6) is 0 Å². The number of carbonyl (C=O) groups is 2. The Morgan fingerprint density at radius 3 is 2.79 bits per heavy atom. The molecule has 0 aromatic rings. The molecule has 6 heteroatoms. The largest absolute Gasteiger partial charge is 0.467 e. The highest BCUT2D eigenvalue weighted by Gasteiger charge is 2.39. The summed E-state index contributed by atoms with van der Waals surface area (Å²) in [4.78, 5) is 23.5. The minimum atomic E-state index is -1.17. The van der Waals surface area contributed by atoms with Gasteiger partial charge in [0.1, 0.15) is 18.1 Å². The van der Waals surface area contributed by atoms with Crippen molar-refractivity contribution in [3.63, 3.8) is 0 Å². The molecule has 0 aliphatic carbocycles. The molecule has 1 amide bonds. The Hall–Kier alpha value is -0.840. The van der Waals surface area contributed by atoms with E-state index in [1.165, 1.54) is 7.11 Å². The van der Waals surface area contributed by atoms with E-state index in [1.807, 2.05) is 0 Å². The van der Waals surface area contributed by atoms with Crippen molar-refractivity contribution in [2.75, 3.05) is 19.5 Å². The molecule has 2 atom stereocenters. The summed E-state index contributed by atoms with van der Waals surface area (Å²) in [5.74, 6) is -1.29. The number of methoxy groups -OCH3 is 1.